The summed E-state index contributed by atoms with van der Waals surface area (Å²) in [5.41, 5.74) is 2.68. The Bertz CT molecular complexity index is 1040. The molecule has 0 radical (unpaired) electrons. The summed E-state index contributed by atoms with van der Waals surface area (Å²) in [6, 6.07) is 18.1. The minimum atomic E-state index is -0.346. The summed E-state index contributed by atoms with van der Waals surface area (Å²) >= 11 is 0. The van der Waals surface area contributed by atoms with Crippen molar-refractivity contribution in [1.82, 2.24) is 10.2 Å². The van der Waals surface area contributed by atoms with Crippen molar-refractivity contribution in [3.8, 4) is 11.3 Å². The van der Waals surface area contributed by atoms with Crippen molar-refractivity contribution in [2.75, 3.05) is 26.3 Å². The number of nitrogens with zero attached hydrogens (tertiary/aromatic N) is 1. The Hall–Kier alpha value is -3.22. The molecule has 0 saturated carbocycles. The Kier molecular flexibility index (Phi) is 6.92. The first kappa shape index (κ1) is 21.0. The number of halogens is 1. The Morgan fingerprint density at radius 3 is 2.52 bits per heavy atom. The Balaban J connectivity index is 1.26. The fraction of sp³-hybridized carbons (Fsp3) is 0.240. The van der Waals surface area contributed by atoms with Crippen LogP contribution in [0.1, 0.15) is 16.9 Å². The van der Waals surface area contributed by atoms with E-state index in [1.165, 1.54) is 17.7 Å². The van der Waals surface area contributed by atoms with Crippen LogP contribution in [0.15, 0.2) is 71.2 Å². The SMILES string of the molecule is O=C(C=Cc1ccc(-c2ccccc2F)o1)NCc1ccc(CN2CCOCC2)cc1. The van der Waals surface area contributed by atoms with E-state index in [4.69, 9.17) is 9.15 Å². The lowest BCUT2D eigenvalue weighted by Gasteiger charge is -2.26. The van der Waals surface area contributed by atoms with E-state index in [1.54, 1.807) is 36.4 Å². The van der Waals surface area contributed by atoms with Gasteiger partial charge in [-0.15, -0.1) is 0 Å². The summed E-state index contributed by atoms with van der Waals surface area (Å²) in [7, 11) is 0. The largest absolute Gasteiger partial charge is 0.457 e. The lowest BCUT2D eigenvalue weighted by atomic mass is 10.1. The monoisotopic (exact) mass is 420 g/mol. The van der Waals surface area contributed by atoms with E-state index in [1.807, 2.05) is 12.1 Å². The smallest absolute Gasteiger partial charge is 0.244 e. The number of hydrogen-bond acceptors (Lipinski definition) is 4. The fourth-order valence-corrected chi connectivity index (χ4v) is 3.43. The molecule has 1 aliphatic heterocycles. The van der Waals surface area contributed by atoms with E-state index in [-0.39, 0.29) is 11.7 Å². The topological polar surface area (TPSA) is 54.7 Å². The van der Waals surface area contributed by atoms with Gasteiger partial charge in [0, 0.05) is 32.3 Å². The summed E-state index contributed by atoms with van der Waals surface area (Å²) < 4.78 is 24.9. The van der Waals surface area contributed by atoms with Gasteiger partial charge in [0.2, 0.25) is 5.91 Å². The third kappa shape index (κ3) is 5.90. The maximum absolute atomic E-state index is 13.9. The number of nitrogens with one attached hydrogen (secondary N) is 1. The minimum absolute atomic E-state index is 0.221. The van der Waals surface area contributed by atoms with Gasteiger partial charge in [0.15, 0.2) is 0 Å². The van der Waals surface area contributed by atoms with E-state index >= 15 is 0 Å². The molecule has 0 aliphatic carbocycles. The maximum atomic E-state index is 13.9. The molecule has 1 fully saturated rings. The molecule has 2 heterocycles. The van der Waals surface area contributed by atoms with Crippen LogP contribution in [-0.4, -0.2) is 37.1 Å². The Morgan fingerprint density at radius 1 is 1.00 bits per heavy atom. The van der Waals surface area contributed by atoms with Crippen molar-refractivity contribution in [3.05, 3.63) is 89.4 Å². The second-order valence-corrected chi connectivity index (χ2v) is 7.44. The highest BCUT2D eigenvalue weighted by Crippen LogP contribution is 2.25. The highest BCUT2D eigenvalue weighted by molar-refractivity contribution is 5.91. The molecule has 160 valence electrons. The lowest BCUT2D eigenvalue weighted by molar-refractivity contribution is -0.116. The second kappa shape index (κ2) is 10.2. The summed E-state index contributed by atoms with van der Waals surface area (Å²) in [5, 5.41) is 2.86. The van der Waals surface area contributed by atoms with Crippen LogP contribution < -0.4 is 5.32 Å². The molecule has 0 atom stereocenters. The van der Waals surface area contributed by atoms with Crippen LogP contribution in [-0.2, 0) is 22.6 Å². The summed E-state index contributed by atoms with van der Waals surface area (Å²) in [5.74, 6) is 0.346. The molecule has 1 N–H and O–H groups in total. The van der Waals surface area contributed by atoms with E-state index in [0.29, 0.717) is 23.6 Å². The van der Waals surface area contributed by atoms with Crippen LogP contribution in [0.25, 0.3) is 17.4 Å². The number of amides is 1. The van der Waals surface area contributed by atoms with Gasteiger partial charge in [0.05, 0.1) is 18.8 Å². The first-order valence-corrected chi connectivity index (χ1v) is 10.4. The molecular weight excluding hydrogens is 395 g/mol. The van der Waals surface area contributed by atoms with Crippen molar-refractivity contribution in [2.45, 2.75) is 13.1 Å². The molecule has 5 nitrogen and oxygen atoms in total. The van der Waals surface area contributed by atoms with Crippen molar-refractivity contribution < 1.29 is 18.3 Å². The molecule has 0 unspecified atom stereocenters. The van der Waals surface area contributed by atoms with Crippen LogP contribution >= 0.6 is 0 Å². The zero-order valence-electron chi connectivity index (χ0n) is 17.2. The molecule has 0 bridgehead atoms. The van der Waals surface area contributed by atoms with E-state index < -0.39 is 0 Å². The third-order valence-corrected chi connectivity index (χ3v) is 5.16. The average Bonchev–Trinajstić information content (AvgIpc) is 3.27. The molecule has 1 aromatic heterocycles. The van der Waals surface area contributed by atoms with E-state index in [2.05, 4.69) is 22.3 Å². The quantitative estimate of drug-likeness (QED) is 0.581. The van der Waals surface area contributed by atoms with Crippen molar-refractivity contribution in [3.63, 3.8) is 0 Å². The van der Waals surface area contributed by atoms with Crippen molar-refractivity contribution in [2.24, 2.45) is 0 Å². The molecule has 3 aromatic rings. The lowest BCUT2D eigenvalue weighted by Crippen LogP contribution is -2.35. The summed E-state index contributed by atoms with van der Waals surface area (Å²) in [4.78, 5) is 14.5. The van der Waals surface area contributed by atoms with Crippen LogP contribution in [0, 0.1) is 5.82 Å². The second-order valence-electron chi connectivity index (χ2n) is 7.44. The van der Waals surface area contributed by atoms with Gasteiger partial charge in [-0.25, -0.2) is 4.39 Å². The number of carbonyl (C=O) groups excluding carboxylic acids is 1. The van der Waals surface area contributed by atoms with Crippen LogP contribution in [0.5, 0.6) is 0 Å². The highest BCUT2D eigenvalue weighted by Gasteiger charge is 2.11. The number of carbonyl (C=O) groups is 1. The maximum Gasteiger partial charge on any atom is 0.244 e. The fourth-order valence-electron chi connectivity index (χ4n) is 3.43. The molecule has 1 aliphatic rings. The van der Waals surface area contributed by atoms with Gasteiger partial charge in [-0.2, -0.15) is 0 Å². The average molecular weight is 420 g/mol. The standard InChI is InChI=1S/C25H25FN2O3/c26-23-4-2-1-3-22(23)24-11-9-21(31-24)10-12-25(29)27-17-19-5-7-20(8-6-19)18-28-13-15-30-16-14-28/h1-12H,13-18H2,(H,27,29). The van der Waals surface area contributed by atoms with Gasteiger partial charge >= 0.3 is 0 Å². The molecule has 2 aromatic carbocycles. The Morgan fingerprint density at radius 2 is 1.74 bits per heavy atom. The molecule has 1 saturated heterocycles. The number of morpholine rings is 1. The zero-order chi connectivity index (χ0) is 21.5. The third-order valence-electron chi connectivity index (χ3n) is 5.16. The van der Waals surface area contributed by atoms with Gasteiger partial charge in [-0.05, 0) is 41.5 Å². The number of ether oxygens (including phenoxy) is 1. The van der Waals surface area contributed by atoms with Gasteiger partial charge in [0.1, 0.15) is 17.3 Å². The number of hydrogen-bond donors (Lipinski definition) is 1. The predicted octanol–water partition coefficient (Wildman–Crippen LogP) is 4.25. The van der Waals surface area contributed by atoms with Gasteiger partial charge < -0.3 is 14.5 Å². The summed E-state index contributed by atoms with van der Waals surface area (Å²) in [6.07, 6.45) is 2.99. The van der Waals surface area contributed by atoms with E-state index in [9.17, 15) is 9.18 Å². The molecule has 4 rings (SSSR count). The van der Waals surface area contributed by atoms with Crippen LogP contribution in [0.3, 0.4) is 0 Å². The van der Waals surface area contributed by atoms with Gasteiger partial charge in [0.25, 0.3) is 0 Å². The van der Waals surface area contributed by atoms with E-state index in [0.717, 1.165) is 38.4 Å². The van der Waals surface area contributed by atoms with Crippen molar-refractivity contribution >= 4 is 12.0 Å². The molecule has 0 spiro atoms. The van der Waals surface area contributed by atoms with Gasteiger partial charge in [-0.3, -0.25) is 9.69 Å². The van der Waals surface area contributed by atoms with Crippen LogP contribution in [0.2, 0.25) is 0 Å². The predicted molar refractivity (Wildman–Crippen MR) is 118 cm³/mol. The highest BCUT2D eigenvalue weighted by atomic mass is 19.1. The number of furan rings is 1. The molecule has 6 heteroatoms. The number of rotatable bonds is 7. The molecule has 31 heavy (non-hydrogen) atoms. The minimum Gasteiger partial charge on any atom is -0.457 e. The zero-order valence-corrected chi connectivity index (χ0v) is 17.2. The first-order valence-electron chi connectivity index (χ1n) is 10.4. The summed E-state index contributed by atoms with van der Waals surface area (Å²) in [6.45, 7) is 4.86. The van der Waals surface area contributed by atoms with Gasteiger partial charge in [-0.1, -0.05) is 36.4 Å². The molecule has 1 amide bonds. The Labute approximate surface area is 181 Å². The van der Waals surface area contributed by atoms with Crippen molar-refractivity contribution in [1.29, 1.82) is 0 Å². The first-order chi connectivity index (χ1) is 15.2. The normalized spacial score (nSPS) is 14.7. The molecular formula is C25H25FN2O3. The number of benzene rings is 2. The van der Waals surface area contributed by atoms with Crippen LogP contribution in [0.4, 0.5) is 4.39 Å².